The number of rotatable bonds is 4. The van der Waals surface area contributed by atoms with Crippen molar-refractivity contribution >= 4 is 45.8 Å². The van der Waals surface area contributed by atoms with Crippen molar-refractivity contribution in [2.24, 2.45) is 7.05 Å². The fourth-order valence-electron chi connectivity index (χ4n) is 3.34. The summed E-state index contributed by atoms with van der Waals surface area (Å²) in [5, 5.41) is 3.59. The van der Waals surface area contributed by atoms with E-state index in [0.29, 0.717) is 27.2 Å². The Bertz CT molecular complexity index is 1440. The molecule has 158 valence electrons. The fourth-order valence-corrected chi connectivity index (χ4v) is 3.63. The third-order valence-corrected chi connectivity index (χ3v) is 5.25. The van der Waals surface area contributed by atoms with Crippen molar-refractivity contribution in [3.05, 3.63) is 85.1 Å². The second-order valence-electron chi connectivity index (χ2n) is 6.72. The minimum absolute atomic E-state index is 0.122. The van der Waals surface area contributed by atoms with Crippen LogP contribution in [0.15, 0.2) is 58.3 Å². The van der Waals surface area contributed by atoms with Crippen molar-refractivity contribution in [2.75, 3.05) is 12.4 Å². The number of anilines is 1. The second kappa shape index (κ2) is 7.98. The van der Waals surface area contributed by atoms with Crippen LogP contribution in [0.2, 0.25) is 10.0 Å². The molecular formula is C21H16Cl2N4O4. The molecule has 2 aromatic heterocycles. The highest BCUT2D eigenvalue weighted by Crippen LogP contribution is 2.28. The molecule has 4 aromatic rings. The summed E-state index contributed by atoms with van der Waals surface area (Å²) in [6.45, 7) is 0. The Kier molecular flexibility index (Phi) is 5.34. The van der Waals surface area contributed by atoms with E-state index in [1.165, 1.54) is 17.9 Å². The molecule has 2 N–H and O–H groups in total. The van der Waals surface area contributed by atoms with Crippen LogP contribution in [-0.4, -0.2) is 27.1 Å². The van der Waals surface area contributed by atoms with Gasteiger partial charge >= 0.3 is 5.69 Å². The first-order valence-corrected chi connectivity index (χ1v) is 9.81. The quantitative estimate of drug-likeness (QED) is 0.488. The number of hydrogen-bond donors (Lipinski definition) is 2. The number of benzene rings is 2. The van der Waals surface area contributed by atoms with Crippen molar-refractivity contribution in [3.8, 4) is 11.4 Å². The lowest BCUT2D eigenvalue weighted by Crippen LogP contribution is -2.34. The van der Waals surface area contributed by atoms with E-state index in [9.17, 15) is 14.4 Å². The van der Waals surface area contributed by atoms with Gasteiger partial charge in [0, 0.05) is 23.3 Å². The van der Waals surface area contributed by atoms with Gasteiger partial charge in [-0.25, -0.2) is 9.36 Å². The number of hydrogen-bond acceptors (Lipinski definition) is 4. The van der Waals surface area contributed by atoms with Gasteiger partial charge in [-0.15, -0.1) is 0 Å². The van der Waals surface area contributed by atoms with Crippen molar-refractivity contribution in [2.45, 2.75) is 0 Å². The zero-order valence-electron chi connectivity index (χ0n) is 16.4. The van der Waals surface area contributed by atoms with E-state index < -0.39 is 17.2 Å². The van der Waals surface area contributed by atoms with Gasteiger partial charge in [-0.3, -0.25) is 9.59 Å². The lowest BCUT2D eigenvalue weighted by molar-refractivity contribution is 0.102. The number of halogens is 2. The largest absolute Gasteiger partial charge is 0.495 e. The standard InChI is InChI=1S/C21H16Cl2N4O4/c1-26-10-14(19(28)24-15-9-12(23)5-8-16(15)31-2)17-18(26)20(29)27(21(30)25-17)13-6-3-11(22)4-7-13/h3-10H,1-2H3,(H,24,28)(H,25,30). The number of ether oxygens (including phenoxy) is 1. The Morgan fingerprint density at radius 3 is 2.42 bits per heavy atom. The Balaban J connectivity index is 1.83. The minimum atomic E-state index is -0.680. The number of H-pyrrole nitrogens is 1. The number of nitrogens with one attached hydrogen (secondary N) is 2. The number of nitrogens with zero attached hydrogens (tertiary/aromatic N) is 2. The average Bonchev–Trinajstić information content (AvgIpc) is 3.06. The van der Waals surface area contributed by atoms with Gasteiger partial charge in [0.05, 0.1) is 29.6 Å². The summed E-state index contributed by atoms with van der Waals surface area (Å²) in [6, 6.07) is 11.1. The second-order valence-corrected chi connectivity index (χ2v) is 7.60. The number of aryl methyl sites for hydroxylation is 1. The molecule has 4 rings (SSSR count). The highest BCUT2D eigenvalue weighted by Gasteiger charge is 2.21. The Morgan fingerprint density at radius 2 is 1.74 bits per heavy atom. The van der Waals surface area contributed by atoms with Crippen LogP contribution in [0.5, 0.6) is 5.75 Å². The predicted molar refractivity (Wildman–Crippen MR) is 120 cm³/mol. The third-order valence-electron chi connectivity index (χ3n) is 4.76. The molecule has 31 heavy (non-hydrogen) atoms. The smallest absolute Gasteiger partial charge is 0.333 e. The molecule has 8 nitrogen and oxygen atoms in total. The monoisotopic (exact) mass is 458 g/mol. The third kappa shape index (κ3) is 3.71. The van der Waals surface area contributed by atoms with E-state index in [-0.39, 0.29) is 16.6 Å². The Hall–Kier alpha value is -3.49. The van der Waals surface area contributed by atoms with Crippen LogP contribution in [0, 0.1) is 0 Å². The molecule has 0 saturated carbocycles. The maximum Gasteiger partial charge on any atom is 0.333 e. The van der Waals surface area contributed by atoms with E-state index in [1.54, 1.807) is 49.5 Å². The summed E-state index contributed by atoms with van der Waals surface area (Å²) in [6.07, 6.45) is 1.47. The highest BCUT2D eigenvalue weighted by atomic mass is 35.5. The topological polar surface area (TPSA) is 98.1 Å². The summed E-state index contributed by atoms with van der Waals surface area (Å²) < 4.78 is 7.72. The maximum absolute atomic E-state index is 13.1. The van der Waals surface area contributed by atoms with E-state index in [1.807, 2.05) is 0 Å². The number of methoxy groups -OCH3 is 1. The fraction of sp³-hybridized carbons (Fsp3) is 0.0952. The molecule has 1 amide bonds. The number of amides is 1. The summed E-state index contributed by atoms with van der Waals surface area (Å²) >= 11 is 11.9. The first kappa shape index (κ1) is 20.8. The van der Waals surface area contributed by atoms with Crippen LogP contribution in [0.3, 0.4) is 0 Å². The van der Waals surface area contributed by atoms with Crippen molar-refractivity contribution in [1.29, 1.82) is 0 Å². The van der Waals surface area contributed by atoms with Gasteiger partial charge in [0.1, 0.15) is 11.3 Å². The Morgan fingerprint density at radius 1 is 1.06 bits per heavy atom. The molecular weight excluding hydrogens is 443 g/mol. The lowest BCUT2D eigenvalue weighted by atomic mass is 10.2. The van der Waals surface area contributed by atoms with Crippen LogP contribution in [-0.2, 0) is 7.05 Å². The van der Waals surface area contributed by atoms with Crippen LogP contribution in [0.4, 0.5) is 5.69 Å². The summed E-state index contributed by atoms with van der Waals surface area (Å²) in [5.41, 5.74) is -0.124. The van der Waals surface area contributed by atoms with E-state index in [2.05, 4.69) is 10.3 Å². The van der Waals surface area contributed by atoms with E-state index in [4.69, 9.17) is 27.9 Å². The molecule has 0 radical (unpaired) electrons. The van der Waals surface area contributed by atoms with Gasteiger partial charge in [-0.2, -0.15) is 0 Å². The zero-order chi connectivity index (χ0) is 22.3. The van der Waals surface area contributed by atoms with Crippen LogP contribution in [0.1, 0.15) is 10.4 Å². The number of aromatic nitrogens is 3. The Labute approximate surface area is 185 Å². The first-order chi connectivity index (χ1) is 14.8. The molecule has 0 unspecified atom stereocenters. The van der Waals surface area contributed by atoms with E-state index >= 15 is 0 Å². The number of carbonyl (C=O) groups excluding carboxylic acids is 1. The molecule has 0 saturated heterocycles. The normalized spacial score (nSPS) is 11.0. The van der Waals surface area contributed by atoms with Crippen LogP contribution >= 0.6 is 23.2 Å². The molecule has 0 aliphatic heterocycles. The summed E-state index contributed by atoms with van der Waals surface area (Å²) in [4.78, 5) is 41.4. The molecule has 0 fully saturated rings. The van der Waals surface area contributed by atoms with Gasteiger partial charge in [0.15, 0.2) is 0 Å². The van der Waals surface area contributed by atoms with Crippen LogP contribution < -0.4 is 21.3 Å². The van der Waals surface area contributed by atoms with Gasteiger partial charge in [0.25, 0.3) is 11.5 Å². The first-order valence-electron chi connectivity index (χ1n) is 9.05. The van der Waals surface area contributed by atoms with Gasteiger partial charge in [-0.1, -0.05) is 23.2 Å². The van der Waals surface area contributed by atoms with Gasteiger partial charge in [-0.05, 0) is 42.5 Å². The van der Waals surface area contributed by atoms with Crippen molar-refractivity contribution < 1.29 is 9.53 Å². The number of aromatic amines is 1. The average molecular weight is 459 g/mol. The maximum atomic E-state index is 13.1. The molecule has 10 heteroatoms. The molecule has 0 spiro atoms. The predicted octanol–water partition coefficient (Wildman–Crippen LogP) is 3.59. The molecule has 0 aliphatic carbocycles. The highest BCUT2D eigenvalue weighted by molar-refractivity contribution is 6.31. The lowest BCUT2D eigenvalue weighted by Gasteiger charge is -2.10. The summed E-state index contributed by atoms with van der Waals surface area (Å²) in [5.74, 6) is -0.123. The van der Waals surface area contributed by atoms with Gasteiger partial charge in [0.2, 0.25) is 0 Å². The minimum Gasteiger partial charge on any atom is -0.495 e. The molecule has 0 bridgehead atoms. The number of carbonyl (C=O) groups is 1. The molecule has 0 atom stereocenters. The molecule has 2 heterocycles. The zero-order valence-corrected chi connectivity index (χ0v) is 17.9. The molecule has 0 aliphatic rings. The van der Waals surface area contributed by atoms with Crippen molar-refractivity contribution in [3.63, 3.8) is 0 Å². The SMILES string of the molecule is COc1ccc(Cl)cc1NC(=O)c1cn(C)c2c(=O)n(-c3ccc(Cl)cc3)c(=O)[nH]c12. The summed E-state index contributed by atoms with van der Waals surface area (Å²) in [7, 11) is 3.08. The van der Waals surface area contributed by atoms with Crippen molar-refractivity contribution in [1.82, 2.24) is 14.1 Å². The van der Waals surface area contributed by atoms with Crippen LogP contribution in [0.25, 0.3) is 16.7 Å². The van der Waals surface area contributed by atoms with E-state index in [0.717, 1.165) is 4.57 Å². The number of fused-ring (bicyclic) bond motifs is 1. The molecule has 2 aromatic carbocycles. The van der Waals surface area contributed by atoms with Gasteiger partial charge < -0.3 is 19.6 Å².